The van der Waals surface area contributed by atoms with Crippen molar-refractivity contribution in [3.8, 4) is 0 Å². The fourth-order valence-corrected chi connectivity index (χ4v) is 4.30. The van der Waals surface area contributed by atoms with Gasteiger partial charge in [-0.2, -0.15) is 0 Å². The summed E-state index contributed by atoms with van der Waals surface area (Å²) in [5, 5.41) is 7.53. The average Bonchev–Trinajstić information content (AvgIpc) is 3.33. The van der Waals surface area contributed by atoms with Gasteiger partial charge in [0.15, 0.2) is 6.61 Å². The van der Waals surface area contributed by atoms with Crippen LogP contribution in [-0.4, -0.2) is 24.4 Å². The molecule has 0 radical (unpaired) electrons. The third kappa shape index (κ3) is 5.19. The predicted molar refractivity (Wildman–Crippen MR) is 119 cm³/mol. The number of nitrogens with one attached hydrogen (secondary N) is 2. The maximum atomic E-state index is 12.4. The van der Waals surface area contributed by atoms with Crippen molar-refractivity contribution in [3.05, 3.63) is 87.6 Å². The maximum Gasteiger partial charge on any atom is 0.338 e. The molecule has 6 nitrogen and oxygen atoms in total. The van der Waals surface area contributed by atoms with Crippen molar-refractivity contribution in [1.82, 2.24) is 5.32 Å². The van der Waals surface area contributed by atoms with Crippen LogP contribution in [0.3, 0.4) is 0 Å². The van der Waals surface area contributed by atoms with Crippen LogP contribution in [0.25, 0.3) is 0 Å². The van der Waals surface area contributed by atoms with E-state index in [1.165, 1.54) is 23.0 Å². The molecule has 1 aliphatic rings. The van der Waals surface area contributed by atoms with Gasteiger partial charge in [0.25, 0.3) is 11.8 Å². The van der Waals surface area contributed by atoms with Crippen LogP contribution in [0, 0.1) is 0 Å². The van der Waals surface area contributed by atoms with Crippen molar-refractivity contribution in [2.45, 2.75) is 25.3 Å². The molecule has 1 atom stereocenters. The summed E-state index contributed by atoms with van der Waals surface area (Å²) in [6, 6.07) is 18.0. The number of carbonyl (C=O) groups is 3. The number of thiophene rings is 1. The number of rotatable bonds is 6. The molecule has 1 aliphatic carbocycles. The molecule has 2 aromatic carbocycles. The molecule has 31 heavy (non-hydrogen) atoms. The lowest BCUT2D eigenvalue weighted by atomic mass is 9.88. The topological polar surface area (TPSA) is 84.5 Å². The summed E-state index contributed by atoms with van der Waals surface area (Å²) in [5.41, 5.74) is 3.12. The second-order valence-corrected chi connectivity index (χ2v) is 8.25. The zero-order valence-electron chi connectivity index (χ0n) is 16.8. The first-order valence-electron chi connectivity index (χ1n) is 10.1. The Morgan fingerprint density at radius 2 is 1.90 bits per heavy atom. The Kier molecular flexibility index (Phi) is 6.43. The van der Waals surface area contributed by atoms with E-state index < -0.39 is 5.97 Å². The second kappa shape index (κ2) is 9.57. The molecule has 0 spiro atoms. The van der Waals surface area contributed by atoms with Crippen molar-refractivity contribution in [1.29, 1.82) is 0 Å². The number of benzene rings is 2. The van der Waals surface area contributed by atoms with Crippen LogP contribution in [0.1, 0.15) is 50.0 Å². The van der Waals surface area contributed by atoms with Gasteiger partial charge in [0.2, 0.25) is 0 Å². The van der Waals surface area contributed by atoms with Crippen molar-refractivity contribution in [2.24, 2.45) is 0 Å². The maximum absolute atomic E-state index is 12.4. The number of esters is 1. The molecule has 3 aromatic rings. The Morgan fingerprint density at radius 3 is 2.74 bits per heavy atom. The molecule has 158 valence electrons. The van der Waals surface area contributed by atoms with E-state index in [2.05, 4.69) is 16.7 Å². The van der Waals surface area contributed by atoms with Crippen LogP contribution in [0.4, 0.5) is 5.69 Å². The average molecular weight is 435 g/mol. The summed E-state index contributed by atoms with van der Waals surface area (Å²) >= 11 is 1.33. The number of ether oxygens (including phenoxy) is 1. The molecule has 7 heteroatoms. The molecule has 2 amide bonds. The lowest BCUT2D eigenvalue weighted by Crippen LogP contribution is -2.34. The first-order valence-corrected chi connectivity index (χ1v) is 11.0. The highest BCUT2D eigenvalue weighted by molar-refractivity contribution is 7.12. The van der Waals surface area contributed by atoms with E-state index >= 15 is 0 Å². The highest BCUT2D eigenvalue weighted by Crippen LogP contribution is 2.29. The van der Waals surface area contributed by atoms with Crippen LogP contribution < -0.4 is 10.6 Å². The molecule has 0 aliphatic heterocycles. The molecule has 0 saturated carbocycles. The molecule has 2 N–H and O–H groups in total. The smallest absolute Gasteiger partial charge is 0.338 e. The van der Waals surface area contributed by atoms with Gasteiger partial charge in [-0.1, -0.05) is 36.4 Å². The molecule has 4 rings (SSSR count). The number of amides is 2. The van der Waals surface area contributed by atoms with E-state index in [1.54, 1.807) is 30.3 Å². The van der Waals surface area contributed by atoms with Gasteiger partial charge < -0.3 is 15.4 Å². The summed E-state index contributed by atoms with van der Waals surface area (Å²) in [4.78, 5) is 37.5. The van der Waals surface area contributed by atoms with E-state index in [0.29, 0.717) is 10.6 Å². The van der Waals surface area contributed by atoms with Crippen LogP contribution in [-0.2, 0) is 16.0 Å². The van der Waals surface area contributed by atoms with Gasteiger partial charge in [0.1, 0.15) is 0 Å². The van der Waals surface area contributed by atoms with Gasteiger partial charge in [0, 0.05) is 5.69 Å². The van der Waals surface area contributed by atoms with E-state index in [9.17, 15) is 14.4 Å². The predicted octanol–water partition coefficient (Wildman–Crippen LogP) is 4.35. The Hall–Kier alpha value is -3.45. The molecule has 1 aromatic heterocycles. The lowest BCUT2D eigenvalue weighted by molar-refractivity contribution is -0.125. The molecule has 1 heterocycles. The zero-order valence-corrected chi connectivity index (χ0v) is 17.6. The number of anilines is 1. The molecule has 0 saturated heterocycles. The minimum Gasteiger partial charge on any atom is -0.452 e. The zero-order chi connectivity index (χ0) is 21.6. The molecule has 1 unspecified atom stereocenters. The van der Waals surface area contributed by atoms with Gasteiger partial charge >= 0.3 is 5.97 Å². The van der Waals surface area contributed by atoms with Crippen LogP contribution in [0.5, 0.6) is 0 Å². The van der Waals surface area contributed by atoms with Crippen LogP contribution >= 0.6 is 11.3 Å². The lowest BCUT2D eigenvalue weighted by Gasteiger charge is -2.26. The standard InChI is InChI=1S/C24H22N2O4S/c27-22(26-20-11-4-7-16-6-1-2-10-19(16)20)15-30-24(29)17-8-3-9-18(14-17)25-23(28)21-12-5-13-31-21/h1-3,5-6,8-10,12-14,20H,4,7,11,15H2,(H,25,28)(H,26,27). The summed E-state index contributed by atoms with van der Waals surface area (Å²) in [6.07, 6.45) is 2.88. The fourth-order valence-electron chi connectivity index (χ4n) is 3.68. The van der Waals surface area contributed by atoms with Gasteiger partial charge in [-0.3, -0.25) is 9.59 Å². The third-order valence-electron chi connectivity index (χ3n) is 5.14. The van der Waals surface area contributed by atoms with Gasteiger partial charge in [0.05, 0.1) is 16.5 Å². The second-order valence-electron chi connectivity index (χ2n) is 7.30. The van der Waals surface area contributed by atoms with Gasteiger partial charge in [-0.15, -0.1) is 11.3 Å². The largest absolute Gasteiger partial charge is 0.452 e. The van der Waals surface area contributed by atoms with Crippen molar-refractivity contribution in [3.63, 3.8) is 0 Å². The van der Waals surface area contributed by atoms with E-state index in [1.807, 2.05) is 23.6 Å². The minimum absolute atomic E-state index is 0.0630. The first-order chi connectivity index (χ1) is 15.1. The fraction of sp³-hybridized carbons (Fsp3) is 0.208. The first kappa shape index (κ1) is 20.8. The number of hydrogen-bond donors (Lipinski definition) is 2. The van der Waals surface area contributed by atoms with Gasteiger partial charge in [-0.25, -0.2) is 4.79 Å². The van der Waals surface area contributed by atoms with Crippen LogP contribution in [0.2, 0.25) is 0 Å². The van der Waals surface area contributed by atoms with E-state index in [-0.39, 0.29) is 30.0 Å². The number of hydrogen-bond acceptors (Lipinski definition) is 5. The van der Waals surface area contributed by atoms with Crippen molar-refractivity contribution >= 4 is 34.8 Å². The van der Waals surface area contributed by atoms with E-state index in [4.69, 9.17) is 4.74 Å². The summed E-state index contributed by atoms with van der Waals surface area (Å²) < 4.78 is 5.19. The summed E-state index contributed by atoms with van der Waals surface area (Å²) in [6.45, 7) is -0.358. The molecule has 0 bridgehead atoms. The van der Waals surface area contributed by atoms with E-state index in [0.717, 1.165) is 24.8 Å². The Morgan fingerprint density at radius 1 is 1.03 bits per heavy atom. The Balaban J connectivity index is 1.32. The molecular weight excluding hydrogens is 412 g/mol. The Bertz CT molecular complexity index is 1090. The van der Waals surface area contributed by atoms with Gasteiger partial charge in [-0.05, 0) is 60.0 Å². The summed E-state index contributed by atoms with van der Waals surface area (Å²) in [5.74, 6) is -1.20. The molecular formula is C24H22N2O4S. The highest BCUT2D eigenvalue weighted by Gasteiger charge is 2.22. The Labute approximate surface area is 184 Å². The van der Waals surface area contributed by atoms with Crippen LogP contribution in [0.15, 0.2) is 66.0 Å². The quantitative estimate of drug-likeness (QED) is 0.565. The normalized spacial score (nSPS) is 14.9. The minimum atomic E-state index is -0.619. The SMILES string of the molecule is O=C(COC(=O)c1cccc(NC(=O)c2cccs2)c1)NC1CCCc2ccccc21. The number of fused-ring (bicyclic) bond motifs is 1. The third-order valence-corrected chi connectivity index (χ3v) is 6.01. The monoisotopic (exact) mass is 434 g/mol. The van der Waals surface area contributed by atoms with Crippen molar-refractivity contribution in [2.75, 3.05) is 11.9 Å². The number of aryl methyl sites for hydroxylation is 1. The summed E-state index contributed by atoms with van der Waals surface area (Å²) in [7, 11) is 0. The van der Waals surface area contributed by atoms with Crippen molar-refractivity contribution < 1.29 is 19.1 Å². The highest BCUT2D eigenvalue weighted by atomic mass is 32.1. The molecule has 0 fully saturated rings. The number of carbonyl (C=O) groups excluding carboxylic acids is 3.